The van der Waals surface area contributed by atoms with E-state index in [0.29, 0.717) is 11.4 Å². The molecule has 1 aromatic heterocycles. The first-order chi connectivity index (χ1) is 8.46. The van der Waals surface area contributed by atoms with Crippen LogP contribution in [0.25, 0.3) is 11.4 Å². The van der Waals surface area contributed by atoms with Crippen LogP contribution >= 0.6 is 15.9 Å². The Balaban J connectivity index is 2.22. The lowest BCUT2D eigenvalue weighted by molar-refractivity contribution is -0.153. The molecule has 0 spiro atoms. The van der Waals surface area contributed by atoms with Gasteiger partial charge in [-0.15, -0.1) is 0 Å². The van der Waals surface area contributed by atoms with Gasteiger partial charge in [-0.3, -0.25) is 0 Å². The minimum absolute atomic E-state index is 0.141. The summed E-state index contributed by atoms with van der Waals surface area (Å²) in [5.74, 6) is 0.696. The summed E-state index contributed by atoms with van der Waals surface area (Å²) < 4.78 is 41.5. The van der Waals surface area contributed by atoms with E-state index >= 15 is 0 Å². The Bertz CT molecular complexity index is 526. The second-order valence-corrected chi connectivity index (χ2v) is 4.34. The molecule has 0 unspecified atom stereocenters. The Morgan fingerprint density at radius 3 is 2.72 bits per heavy atom. The Morgan fingerprint density at radius 1 is 1.33 bits per heavy atom. The van der Waals surface area contributed by atoms with Gasteiger partial charge >= 0.3 is 6.18 Å². The molecule has 0 atom stereocenters. The van der Waals surface area contributed by atoms with Gasteiger partial charge in [0, 0.05) is 22.4 Å². The van der Waals surface area contributed by atoms with Gasteiger partial charge in [0.15, 0.2) is 6.61 Å². The molecule has 0 aliphatic carbocycles. The number of halogens is 4. The molecule has 0 saturated heterocycles. The lowest BCUT2D eigenvalue weighted by Gasteiger charge is -2.10. The molecule has 2 rings (SSSR count). The molecule has 0 fully saturated rings. The van der Waals surface area contributed by atoms with Crippen molar-refractivity contribution in [3.05, 3.63) is 35.1 Å². The lowest BCUT2D eigenvalue weighted by Crippen LogP contribution is -2.19. The maximum Gasteiger partial charge on any atom is 0.422 e. The first-order valence-corrected chi connectivity index (χ1v) is 5.74. The van der Waals surface area contributed by atoms with Crippen molar-refractivity contribution in [2.24, 2.45) is 0 Å². The second kappa shape index (κ2) is 5.01. The maximum absolute atomic E-state index is 12.0. The summed E-state index contributed by atoms with van der Waals surface area (Å²) in [6, 6.07) is 4.57. The Hall–Kier alpha value is -1.50. The van der Waals surface area contributed by atoms with E-state index in [0.717, 1.165) is 4.47 Å². The molecule has 2 aromatic rings. The van der Waals surface area contributed by atoms with Crippen LogP contribution in [0.5, 0.6) is 5.75 Å². The van der Waals surface area contributed by atoms with Crippen LogP contribution in [0.3, 0.4) is 0 Å². The van der Waals surface area contributed by atoms with E-state index in [1.54, 1.807) is 18.5 Å². The minimum Gasteiger partial charge on any atom is -0.484 e. The predicted octanol–water partition coefficient (Wildman–Crippen LogP) is 3.78. The number of ether oxygens (including phenoxy) is 1. The monoisotopic (exact) mass is 320 g/mol. The van der Waals surface area contributed by atoms with E-state index in [2.05, 4.69) is 30.6 Å². The predicted molar refractivity (Wildman–Crippen MR) is 63.3 cm³/mol. The number of nitrogens with zero attached hydrogens (tertiary/aromatic N) is 1. The van der Waals surface area contributed by atoms with Gasteiger partial charge in [-0.2, -0.15) is 13.2 Å². The average Bonchev–Trinajstić information content (AvgIpc) is 2.80. The number of nitrogens with one attached hydrogen (secondary N) is 1. The zero-order valence-electron chi connectivity index (χ0n) is 8.96. The largest absolute Gasteiger partial charge is 0.484 e. The molecule has 0 aliphatic heterocycles. The summed E-state index contributed by atoms with van der Waals surface area (Å²) in [6.45, 7) is -1.31. The fourth-order valence-corrected chi connectivity index (χ4v) is 1.79. The number of H-pyrrole nitrogens is 1. The number of alkyl halides is 3. The number of hydrogen-bond acceptors (Lipinski definition) is 2. The molecule has 0 aliphatic rings. The minimum atomic E-state index is -4.35. The van der Waals surface area contributed by atoms with E-state index < -0.39 is 12.8 Å². The van der Waals surface area contributed by atoms with Crippen molar-refractivity contribution in [3.8, 4) is 17.1 Å². The van der Waals surface area contributed by atoms with Crippen molar-refractivity contribution in [3.63, 3.8) is 0 Å². The number of benzene rings is 1. The highest BCUT2D eigenvalue weighted by Crippen LogP contribution is 2.30. The van der Waals surface area contributed by atoms with Crippen molar-refractivity contribution in [1.82, 2.24) is 9.97 Å². The molecule has 3 nitrogen and oxygen atoms in total. The highest BCUT2D eigenvalue weighted by molar-refractivity contribution is 9.10. The van der Waals surface area contributed by atoms with Crippen molar-refractivity contribution < 1.29 is 17.9 Å². The van der Waals surface area contributed by atoms with Crippen LogP contribution in [0, 0.1) is 0 Å². The number of imidazole rings is 1. The van der Waals surface area contributed by atoms with E-state index in [1.807, 2.05) is 0 Å². The third kappa shape index (κ3) is 3.25. The van der Waals surface area contributed by atoms with Crippen LogP contribution in [-0.2, 0) is 0 Å². The van der Waals surface area contributed by atoms with Gasteiger partial charge in [0.2, 0.25) is 0 Å². The standard InChI is InChI=1S/C11H8BrF3N2O/c12-9-2-1-7(18-6-11(13,14)15)5-8(9)10-16-3-4-17-10/h1-5H,6H2,(H,16,17). The highest BCUT2D eigenvalue weighted by Gasteiger charge is 2.28. The number of rotatable bonds is 3. The summed E-state index contributed by atoms with van der Waals surface area (Å²) in [4.78, 5) is 6.91. The Labute approximate surface area is 109 Å². The van der Waals surface area contributed by atoms with E-state index in [1.165, 1.54) is 12.1 Å². The van der Waals surface area contributed by atoms with Crippen LogP contribution < -0.4 is 4.74 Å². The first-order valence-electron chi connectivity index (χ1n) is 4.94. The normalized spacial score (nSPS) is 11.6. The fourth-order valence-electron chi connectivity index (χ4n) is 1.35. The van der Waals surface area contributed by atoms with Gasteiger partial charge in [-0.1, -0.05) is 15.9 Å². The smallest absolute Gasteiger partial charge is 0.422 e. The van der Waals surface area contributed by atoms with E-state index in [9.17, 15) is 13.2 Å². The highest BCUT2D eigenvalue weighted by atomic mass is 79.9. The molecule has 0 amide bonds. The summed E-state index contributed by atoms with van der Waals surface area (Å²) in [5, 5.41) is 0. The van der Waals surface area contributed by atoms with Crippen molar-refractivity contribution in [2.75, 3.05) is 6.61 Å². The van der Waals surface area contributed by atoms with Gasteiger partial charge in [-0.25, -0.2) is 4.98 Å². The van der Waals surface area contributed by atoms with Crippen LogP contribution in [0.1, 0.15) is 0 Å². The Kier molecular flexibility index (Phi) is 3.60. The maximum atomic E-state index is 12.0. The third-order valence-electron chi connectivity index (χ3n) is 2.09. The fraction of sp³-hybridized carbons (Fsp3) is 0.182. The summed E-state index contributed by atoms with van der Waals surface area (Å²) in [7, 11) is 0. The topological polar surface area (TPSA) is 37.9 Å². The Morgan fingerprint density at radius 2 is 2.11 bits per heavy atom. The van der Waals surface area contributed by atoms with Gasteiger partial charge < -0.3 is 9.72 Å². The van der Waals surface area contributed by atoms with Gasteiger partial charge in [-0.05, 0) is 18.2 Å². The van der Waals surface area contributed by atoms with Crippen LogP contribution in [0.4, 0.5) is 13.2 Å². The number of aromatic nitrogens is 2. The molecular formula is C11H8BrF3N2O. The van der Waals surface area contributed by atoms with Crippen LogP contribution in [0.2, 0.25) is 0 Å². The molecule has 1 heterocycles. The van der Waals surface area contributed by atoms with Crippen molar-refractivity contribution >= 4 is 15.9 Å². The molecule has 1 aromatic carbocycles. The molecule has 1 N–H and O–H groups in total. The second-order valence-electron chi connectivity index (χ2n) is 3.48. The van der Waals surface area contributed by atoms with E-state index in [-0.39, 0.29) is 5.75 Å². The van der Waals surface area contributed by atoms with Gasteiger partial charge in [0.05, 0.1) is 0 Å². The average molecular weight is 321 g/mol. The van der Waals surface area contributed by atoms with Gasteiger partial charge in [0.1, 0.15) is 11.6 Å². The third-order valence-corrected chi connectivity index (χ3v) is 2.79. The molecule has 18 heavy (non-hydrogen) atoms. The van der Waals surface area contributed by atoms with Crippen LogP contribution in [0.15, 0.2) is 35.1 Å². The molecule has 96 valence electrons. The summed E-state index contributed by atoms with van der Waals surface area (Å²) in [5.41, 5.74) is 0.639. The molecule has 0 bridgehead atoms. The molecular weight excluding hydrogens is 313 g/mol. The molecule has 7 heteroatoms. The van der Waals surface area contributed by atoms with Crippen molar-refractivity contribution in [1.29, 1.82) is 0 Å². The lowest BCUT2D eigenvalue weighted by atomic mass is 10.2. The van der Waals surface area contributed by atoms with E-state index in [4.69, 9.17) is 0 Å². The molecule has 0 saturated carbocycles. The SMILES string of the molecule is FC(F)(F)COc1ccc(Br)c(-c2ncc[nH]2)c1. The van der Waals surface area contributed by atoms with Crippen LogP contribution in [-0.4, -0.2) is 22.8 Å². The summed E-state index contributed by atoms with van der Waals surface area (Å²) >= 11 is 3.30. The quantitative estimate of drug-likeness (QED) is 0.934. The number of hydrogen-bond donors (Lipinski definition) is 1. The number of aromatic amines is 1. The zero-order valence-corrected chi connectivity index (χ0v) is 10.5. The van der Waals surface area contributed by atoms with Crippen molar-refractivity contribution in [2.45, 2.75) is 6.18 Å². The first kappa shape index (κ1) is 12.9. The van der Waals surface area contributed by atoms with Gasteiger partial charge in [0.25, 0.3) is 0 Å². The molecule has 0 radical (unpaired) electrons. The zero-order chi connectivity index (χ0) is 13.2. The summed E-state index contributed by atoms with van der Waals surface area (Å²) in [6.07, 6.45) is -1.16.